The van der Waals surface area contributed by atoms with Crippen LogP contribution >= 0.6 is 11.3 Å². The number of nitrogens with zero attached hydrogens (tertiary/aromatic N) is 2. The average Bonchev–Trinajstić information content (AvgIpc) is 2.92. The average molecular weight is 274 g/mol. The molecule has 1 aromatic heterocycles. The van der Waals surface area contributed by atoms with Crippen LogP contribution in [0, 0.1) is 0 Å². The fourth-order valence-electron chi connectivity index (χ4n) is 2.42. The number of hydrogen-bond donors (Lipinski definition) is 2. The Morgan fingerprint density at radius 2 is 2.26 bits per heavy atom. The van der Waals surface area contributed by atoms with Crippen molar-refractivity contribution in [1.82, 2.24) is 15.5 Å². The molecule has 0 aliphatic heterocycles. The van der Waals surface area contributed by atoms with E-state index in [0.29, 0.717) is 5.13 Å². The van der Waals surface area contributed by atoms with Crippen molar-refractivity contribution in [3.05, 3.63) is 40.9 Å². The Kier molecular flexibility index (Phi) is 3.41. The van der Waals surface area contributed by atoms with E-state index in [-0.39, 0.29) is 12.1 Å². The molecule has 1 heterocycles. The van der Waals surface area contributed by atoms with Gasteiger partial charge in [-0.1, -0.05) is 35.6 Å². The van der Waals surface area contributed by atoms with Crippen molar-refractivity contribution in [3.8, 4) is 0 Å². The molecule has 0 saturated carbocycles. The first kappa shape index (κ1) is 12.1. The maximum atomic E-state index is 11.9. The summed E-state index contributed by atoms with van der Waals surface area (Å²) in [6.07, 6.45) is 3.16. The maximum Gasteiger partial charge on any atom is 0.321 e. The van der Waals surface area contributed by atoms with Crippen molar-refractivity contribution in [2.45, 2.75) is 25.3 Å². The molecule has 2 aromatic rings. The van der Waals surface area contributed by atoms with E-state index in [0.717, 1.165) is 19.3 Å². The van der Waals surface area contributed by atoms with Crippen LogP contribution in [0.15, 0.2) is 29.8 Å². The molecule has 0 saturated heterocycles. The molecule has 1 aliphatic rings. The van der Waals surface area contributed by atoms with Crippen molar-refractivity contribution in [1.29, 1.82) is 0 Å². The van der Waals surface area contributed by atoms with E-state index in [2.05, 4.69) is 33.0 Å². The van der Waals surface area contributed by atoms with Gasteiger partial charge in [-0.05, 0) is 30.4 Å². The molecule has 2 amide bonds. The number of rotatable bonds is 2. The number of benzene rings is 1. The number of fused-ring (bicyclic) bond motifs is 1. The van der Waals surface area contributed by atoms with E-state index in [4.69, 9.17) is 0 Å². The zero-order valence-corrected chi connectivity index (χ0v) is 11.1. The molecule has 6 heteroatoms. The Hall–Kier alpha value is -1.95. The van der Waals surface area contributed by atoms with Crippen LogP contribution in [-0.2, 0) is 6.42 Å². The SMILES string of the molecule is O=C(Nc1nncs1)N[C@H]1CCCc2ccccc21. The van der Waals surface area contributed by atoms with Crippen LogP contribution in [0.3, 0.4) is 0 Å². The molecular weight excluding hydrogens is 260 g/mol. The van der Waals surface area contributed by atoms with Crippen molar-refractivity contribution >= 4 is 22.5 Å². The Bertz CT molecular complexity index is 570. The third-order valence-electron chi connectivity index (χ3n) is 3.26. The molecule has 0 fully saturated rings. The lowest BCUT2D eigenvalue weighted by Crippen LogP contribution is -2.34. The summed E-state index contributed by atoms with van der Waals surface area (Å²) in [5.74, 6) is 0. The highest BCUT2D eigenvalue weighted by molar-refractivity contribution is 7.13. The lowest BCUT2D eigenvalue weighted by molar-refractivity contribution is 0.247. The van der Waals surface area contributed by atoms with E-state index in [1.165, 1.54) is 22.5 Å². The largest absolute Gasteiger partial charge is 0.331 e. The van der Waals surface area contributed by atoms with Crippen LogP contribution in [0.4, 0.5) is 9.93 Å². The van der Waals surface area contributed by atoms with Gasteiger partial charge in [-0.25, -0.2) is 4.79 Å². The summed E-state index contributed by atoms with van der Waals surface area (Å²) < 4.78 is 0. The number of aromatic nitrogens is 2. The first-order valence-electron chi connectivity index (χ1n) is 6.24. The summed E-state index contributed by atoms with van der Waals surface area (Å²) in [7, 11) is 0. The van der Waals surface area contributed by atoms with Gasteiger partial charge in [0.25, 0.3) is 0 Å². The fraction of sp³-hybridized carbons (Fsp3) is 0.308. The lowest BCUT2D eigenvalue weighted by Gasteiger charge is -2.26. The van der Waals surface area contributed by atoms with Crippen molar-refractivity contribution in [3.63, 3.8) is 0 Å². The molecule has 2 N–H and O–H groups in total. The summed E-state index contributed by atoms with van der Waals surface area (Å²) in [5, 5.41) is 13.7. The molecule has 0 bridgehead atoms. The Balaban J connectivity index is 1.69. The fourth-order valence-corrected chi connectivity index (χ4v) is 2.86. The standard InChI is InChI=1S/C13H14N4OS/c18-12(16-13-17-14-8-19-13)15-11-7-3-5-9-4-1-2-6-10(9)11/h1-2,4,6,8,11H,3,5,7H2,(H2,15,16,17,18)/t11-/m0/s1. The minimum Gasteiger partial charge on any atom is -0.331 e. The first-order valence-corrected chi connectivity index (χ1v) is 7.12. The zero-order valence-electron chi connectivity index (χ0n) is 10.3. The van der Waals surface area contributed by atoms with Gasteiger partial charge in [0, 0.05) is 0 Å². The second-order valence-corrected chi connectivity index (χ2v) is 5.32. The molecule has 0 radical (unpaired) electrons. The Labute approximate surface area is 115 Å². The lowest BCUT2D eigenvalue weighted by atomic mass is 9.88. The van der Waals surface area contributed by atoms with Crippen molar-refractivity contribution in [2.24, 2.45) is 0 Å². The van der Waals surface area contributed by atoms with Crippen molar-refractivity contribution < 1.29 is 4.79 Å². The van der Waals surface area contributed by atoms with Gasteiger partial charge in [-0.15, -0.1) is 10.2 Å². The predicted octanol–water partition coefficient (Wildman–Crippen LogP) is 2.74. The summed E-state index contributed by atoms with van der Waals surface area (Å²) >= 11 is 1.30. The maximum absolute atomic E-state index is 11.9. The van der Waals surface area contributed by atoms with E-state index < -0.39 is 0 Å². The molecule has 19 heavy (non-hydrogen) atoms. The van der Waals surface area contributed by atoms with Gasteiger partial charge >= 0.3 is 6.03 Å². The third-order valence-corrected chi connectivity index (χ3v) is 3.86. The highest BCUT2D eigenvalue weighted by Gasteiger charge is 2.21. The van der Waals surface area contributed by atoms with E-state index in [1.807, 2.05) is 12.1 Å². The number of nitrogens with one attached hydrogen (secondary N) is 2. The van der Waals surface area contributed by atoms with Crippen LogP contribution in [0.2, 0.25) is 0 Å². The van der Waals surface area contributed by atoms with Gasteiger partial charge in [0.05, 0.1) is 6.04 Å². The third kappa shape index (κ3) is 2.73. The molecule has 0 unspecified atom stereocenters. The number of hydrogen-bond acceptors (Lipinski definition) is 4. The normalized spacial score (nSPS) is 17.6. The van der Waals surface area contributed by atoms with Crippen LogP contribution in [0.25, 0.3) is 0 Å². The van der Waals surface area contributed by atoms with E-state index in [1.54, 1.807) is 5.51 Å². The molecule has 98 valence electrons. The molecule has 3 rings (SSSR count). The van der Waals surface area contributed by atoms with Crippen LogP contribution in [0.5, 0.6) is 0 Å². The van der Waals surface area contributed by atoms with Gasteiger partial charge in [-0.3, -0.25) is 5.32 Å². The van der Waals surface area contributed by atoms with Gasteiger partial charge in [0.15, 0.2) is 0 Å². The zero-order chi connectivity index (χ0) is 13.1. The Morgan fingerprint density at radius 3 is 3.11 bits per heavy atom. The molecule has 1 aliphatic carbocycles. The topological polar surface area (TPSA) is 66.9 Å². The second-order valence-electron chi connectivity index (χ2n) is 4.49. The highest BCUT2D eigenvalue weighted by atomic mass is 32.1. The number of carbonyl (C=O) groups excluding carboxylic acids is 1. The molecular formula is C13H14N4OS. The number of amides is 2. The summed E-state index contributed by atoms with van der Waals surface area (Å²) in [4.78, 5) is 11.9. The monoisotopic (exact) mass is 274 g/mol. The van der Waals surface area contributed by atoms with Gasteiger partial charge in [0.2, 0.25) is 5.13 Å². The smallest absolute Gasteiger partial charge is 0.321 e. The van der Waals surface area contributed by atoms with Crippen LogP contribution in [-0.4, -0.2) is 16.2 Å². The van der Waals surface area contributed by atoms with Gasteiger partial charge in [-0.2, -0.15) is 0 Å². The number of aryl methyl sites for hydroxylation is 1. The highest BCUT2D eigenvalue weighted by Crippen LogP contribution is 2.29. The Morgan fingerprint density at radius 1 is 1.37 bits per heavy atom. The molecule has 5 nitrogen and oxygen atoms in total. The molecule has 0 spiro atoms. The quantitative estimate of drug-likeness (QED) is 0.885. The minimum atomic E-state index is -0.224. The molecule has 1 atom stereocenters. The predicted molar refractivity (Wildman–Crippen MR) is 74.2 cm³/mol. The van der Waals surface area contributed by atoms with Crippen LogP contribution in [0.1, 0.15) is 30.0 Å². The van der Waals surface area contributed by atoms with E-state index >= 15 is 0 Å². The number of urea groups is 1. The van der Waals surface area contributed by atoms with Crippen LogP contribution < -0.4 is 10.6 Å². The van der Waals surface area contributed by atoms with Gasteiger partial charge < -0.3 is 5.32 Å². The minimum absolute atomic E-state index is 0.0814. The van der Waals surface area contributed by atoms with E-state index in [9.17, 15) is 4.79 Å². The number of anilines is 1. The summed E-state index contributed by atoms with van der Waals surface area (Å²) in [6, 6.07) is 8.14. The molecule has 1 aromatic carbocycles. The first-order chi connectivity index (χ1) is 9.33. The second kappa shape index (κ2) is 5.36. The van der Waals surface area contributed by atoms with Gasteiger partial charge in [0.1, 0.15) is 5.51 Å². The number of carbonyl (C=O) groups is 1. The van der Waals surface area contributed by atoms with Crippen molar-refractivity contribution in [2.75, 3.05) is 5.32 Å². The summed E-state index contributed by atoms with van der Waals surface area (Å²) in [6.45, 7) is 0. The summed E-state index contributed by atoms with van der Waals surface area (Å²) in [5.41, 5.74) is 4.14.